The van der Waals surface area contributed by atoms with E-state index in [1.807, 2.05) is 103 Å². The Hall–Kier alpha value is -7.02. The van der Waals surface area contributed by atoms with Crippen LogP contribution in [0.2, 0.25) is 0 Å². The molecule has 0 aliphatic carbocycles. The van der Waals surface area contributed by atoms with Crippen LogP contribution in [0.4, 0.5) is 4.79 Å². The third-order valence-electron chi connectivity index (χ3n) is 11.0. The molecule has 0 bridgehead atoms. The van der Waals surface area contributed by atoms with Crippen LogP contribution in [0, 0.1) is 0 Å². The zero-order valence-electron chi connectivity index (χ0n) is 37.2. The summed E-state index contributed by atoms with van der Waals surface area (Å²) < 4.78 is 16.6. The minimum absolute atomic E-state index is 0.0431. The second-order valence-electron chi connectivity index (χ2n) is 17.2. The molecular weight excluding hydrogens is 825 g/mol. The lowest BCUT2D eigenvalue weighted by Crippen LogP contribution is -2.59. The summed E-state index contributed by atoms with van der Waals surface area (Å²) in [4.78, 5) is 84.2. The minimum Gasteiger partial charge on any atom is -0.462 e. The molecule has 0 unspecified atom stereocenters. The molecule has 0 saturated carbocycles. The highest BCUT2D eigenvalue weighted by molar-refractivity contribution is 5.95. The first-order valence-corrected chi connectivity index (χ1v) is 22.2. The zero-order valence-corrected chi connectivity index (χ0v) is 37.2. The van der Waals surface area contributed by atoms with Crippen LogP contribution in [-0.4, -0.2) is 83.6 Å². The van der Waals surface area contributed by atoms with Crippen molar-refractivity contribution < 1.29 is 43.0 Å². The summed E-state index contributed by atoms with van der Waals surface area (Å²) in [5, 5.41) is 10.5. The number of amides is 4. The van der Waals surface area contributed by atoms with Crippen molar-refractivity contribution >= 4 is 46.5 Å². The van der Waals surface area contributed by atoms with Gasteiger partial charge in [0.15, 0.2) is 0 Å². The molecule has 0 spiro atoms. The number of rotatable bonds is 19. The van der Waals surface area contributed by atoms with Gasteiger partial charge in [-0.1, -0.05) is 121 Å². The fourth-order valence-corrected chi connectivity index (χ4v) is 7.70. The van der Waals surface area contributed by atoms with Gasteiger partial charge in [0.1, 0.15) is 36.4 Å². The molecule has 1 heterocycles. The number of likely N-dealkylation sites (tertiary alicyclic amines) is 1. The monoisotopic (exact) mass is 882 g/mol. The normalized spacial score (nSPS) is 14.9. The Morgan fingerprint density at radius 3 is 1.92 bits per heavy atom. The maximum absolute atomic E-state index is 14.7. The van der Waals surface area contributed by atoms with Crippen molar-refractivity contribution in [1.82, 2.24) is 20.9 Å². The topological polar surface area (TPSA) is 169 Å². The van der Waals surface area contributed by atoms with Crippen LogP contribution in [0.5, 0.6) is 0 Å². The largest absolute Gasteiger partial charge is 0.462 e. The number of esters is 2. The van der Waals surface area contributed by atoms with E-state index in [2.05, 4.69) is 16.0 Å². The Bertz CT molecular complexity index is 2390. The highest BCUT2D eigenvalue weighted by atomic mass is 16.6. The Balaban J connectivity index is 1.22. The number of nitrogens with zero attached hydrogens (tertiary/aromatic N) is 1. The maximum atomic E-state index is 14.7. The van der Waals surface area contributed by atoms with E-state index < -0.39 is 65.5 Å². The summed E-state index contributed by atoms with van der Waals surface area (Å²) >= 11 is 0. The van der Waals surface area contributed by atoms with Crippen LogP contribution in [0.25, 0.3) is 10.8 Å². The van der Waals surface area contributed by atoms with Crippen molar-refractivity contribution in [3.8, 4) is 0 Å². The maximum Gasteiger partial charge on any atom is 0.408 e. The van der Waals surface area contributed by atoms with Crippen molar-refractivity contribution in [3.05, 3.63) is 156 Å². The number of hydrogen-bond donors (Lipinski definition) is 3. The molecule has 1 saturated heterocycles. The van der Waals surface area contributed by atoms with Crippen molar-refractivity contribution in [1.29, 1.82) is 0 Å². The van der Waals surface area contributed by atoms with Crippen LogP contribution in [0.3, 0.4) is 0 Å². The molecule has 5 aromatic carbocycles. The number of fused-ring (bicyclic) bond motifs is 1. The average Bonchev–Trinajstić information content (AvgIpc) is 3.80. The lowest BCUT2D eigenvalue weighted by atomic mass is 9.99. The molecule has 1 aliphatic heterocycles. The molecule has 3 N–H and O–H groups in total. The number of unbranched alkanes of at least 4 members (excludes halogenated alkanes) is 1. The van der Waals surface area contributed by atoms with E-state index in [9.17, 15) is 28.8 Å². The average molecular weight is 883 g/mol. The minimum atomic E-state index is -1.21. The third kappa shape index (κ3) is 14.5. The predicted octanol–water partition coefficient (Wildman–Crippen LogP) is 7.25. The van der Waals surface area contributed by atoms with Crippen molar-refractivity contribution in [2.24, 2.45) is 0 Å². The quantitative estimate of drug-likeness (QED) is 0.0440. The zero-order chi connectivity index (χ0) is 46.2. The molecule has 4 amide bonds. The predicted molar refractivity (Wildman–Crippen MR) is 246 cm³/mol. The van der Waals surface area contributed by atoms with Crippen LogP contribution >= 0.6 is 0 Å². The van der Waals surface area contributed by atoms with E-state index >= 15 is 0 Å². The van der Waals surface area contributed by atoms with Crippen LogP contribution < -0.4 is 16.0 Å². The summed E-state index contributed by atoms with van der Waals surface area (Å²) in [7, 11) is 0. The lowest BCUT2D eigenvalue weighted by Gasteiger charge is -2.30. The first-order chi connectivity index (χ1) is 31.3. The van der Waals surface area contributed by atoms with Gasteiger partial charge in [-0.25, -0.2) is 14.4 Å². The molecule has 4 atom stereocenters. The summed E-state index contributed by atoms with van der Waals surface area (Å²) in [5.41, 5.74) is 1.90. The molecule has 6 rings (SSSR count). The van der Waals surface area contributed by atoms with Gasteiger partial charge >= 0.3 is 18.0 Å². The van der Waals surface area contributed by atoms with Gasteiger partial charge in [0, 0.05) is 19.4 Å². The van der Waals surface area contributed by atoms with Gasteiger partial charge in [0.25, 0.3) is 0 Å². The van der Waals surface area contributed by atoms with Gasteiger partial charge in [-0.3, -0.25) is 14.4 Å². The van der Waals surface area contributed by atoms with Crippen molar-refractivity contribution in [2.75, 3.05) is 13.2 Å². The first kappa shape index (κ1) is 47.5. The number of ether oxygens (including phenoxy) is 3. The van der Waals surface area contributed by atoms with Crippen LogP contribution in [0.15, 0.2) is 133 Å². The van der Waals surface area contributed by atoms with E-state index in [-0.39, 0.29) is 32.5 Å². The Labute approximate surface area is 380 Å². The van der Waals surface area contributed by atoms with Gasteiger partial charge < -0.3 is 35.1 Å². The van der Waals surface area contributed by atoms with E-state index in [0.717, 1.165) is 27.5 Å². The number of carbonyl (C=O) groups is 6. The Kier molecular flexibility index (Phi) is 16.8. The fraction of sp³-hybridized carbons (Fsp3) is 0.346. The number of benzene rings is 5. The smallest absolute Gasteiger partial charge is 0.408 e. The molecule has 13 heteroatoms. The second kappa shape index (κ2) is 23.1. The highest BCUT2D eigenvalue weighted by Gasteiger charge is 2.40. The molecule has 340 valence electrons. The van der Waals surface area contributed by atoms with Gasteiger partial charge in [0.2, 0.25) is 17.7 Å². The molecule has 65 heavy (non-hydrogen) atoms. The molecule has 1 aliphatic rings. The second-order valence-corrected chi connectivity index (χ2v) is 17.2. The van der Waals surface area contributed by atoms with Crippen molar-refractivity contribution in [2.45, 2.75) is 102 Å². The standard InChI is InChI=1S/C52H58N4O9/c1-52(2,3)65-51(62)55-42(26-15-16-31-63-49(60)40-23-11-6-12-24-40)46(57)53-43(34-38-28-29-39-22-13-14-25-41(39)32-38)47(58)54-44(33-36-18-7-4-8-19-36)48(59)56-30-17-27-45(56)50(61)64-35-37-20-9-5-10-21-37/h4-14,18-25,28-29,32,42-45H,15-17,26-27,30-31,33-35H2,1-3H3,(H,53,57)(H,54,58)(H,55,62)/t42-,43-,44-,45+/m0/s1. The Morgan fingerprint density at radius 1 is 0.631 bits per heavy atom. The molecule has 0 radical (unpaired) electrons. The molecule has 1 fully saturated rings. The van der Waals surface area contributed by atoms with Gasteiger partial charge in [0.05, 0.1) is 12.2 Å². The summed E-state index contributed by atoms with van der Waals surface area (Å²) in [6.45, 7) is 5.56. The van der Waals surface area contributed by atoms with E-state index in [0.29, 0.717) is 37.8 Å². The van der Waals surface area contributed by atoms with E-state index in [1.165, 1.54) is 4.90 Å². The Morgan fingerprint density at radius 2 is 1.23 bits per heavy atom. The highest BCUT2D eigenvalue weighted by Crippen LogP contribution is 2.23. The summed E-state index contributed by atoms with van der Waals surface area (Å²) in [6.07, 6.45) is 1.21. The van der Waals surface area contributed by atoms with Gasteiger partial charge in [-0.05, 0) is 92.5 Å². The summed E-state index contributed by atoms with van der Waals surface area (Å²) in [6, 6.07) is 36.4. The number of carbonyl (C=O) groups excluding carboxylic acids is 6. The van der Waals surface area contributed by atoms with E-state index in [1.54, 1.807) is 51.1 Å². The lowest BCUT2D eigenvalue weighted by molar-refractivity contribution is -0.155. The number of alkyl carbamates (subject to hydrolysis) is 1. The fourth-order valence-electron chi connectivity index (χ4n) is 7.70. The van der Waals surface area contributed by atoms with Crippen LogP contribution in [0.1, 0.15) is 79.9 Å². The molecule has 5 aromatic rings. The molecule has 0 aromatic heterocycles. The SMILES string of the molecule is CC(C)(C)OC(=O)N[C@@H](CCCCOC(=O)c1ccccc1)C(=O)N[C@@H](Cc1ccc2ccccc2c1)C(=O)N[C@@H](Cc1ccccc1)C(=O)N1CCC[C@@H]1C(=O)OCc1ccccc1. The van der Waals surface area contributed by atoms with Crippen LogP contribution in [-0.2, 0) is 52.8 Å². The van der Waals surface area contributed by atoms with Crippen molar-refractivity contribution in [3.63, 3.8) is 0 Å². The first-order valence-electron chi connectivity index (χ1n) is 22.2. The van der Waals surface area contributed by atoms with Gasteiger partial charge in [-0.15, -0.1) is 0 Å². The molecular formula is C52H58N4O9. The summed E-state index contributed by atoms with van der Waals surface area (Å²) in [5.74, 6) is -2.73. The number of nitrogens with one attached hydrogen (secondary N) is 3. The molecule has 13 nitrogen and oxygen atoms in total. The number of hydrogen-bond acceptors (Lipinski definition) is 9. The third-order valence-corrected chi connectivity index (χ3v) is 11.0. The van der Waals surface area contributed by atoms with E-state index in [4.69, 9.17) is 14.2 Å². The van der Waals surface area contributed by atoms with Gasteiger partial charge in [-0.2, -0.15) is 0 Å².